The quantitative estimate of drug-likeness (QED) is 0.565. The summed E-state index contributed by atoms with van der Waals surface area (Å²) in [6, 6.07) is 3.95. The van der Waals surface area contributed by atoms with Crippen LogP contribution in [0.3, 0.4) is 0 Å². The molecule has 128 valence electrons. The number of nitrogens with one attached hydrogen (secondary N) is 2. The van der Waals surface area contributed by atoms with Crippen molar-refractivity contribution in [2.75, 3.05) is 26.2 Å². The number of nitrogens with zero attached hydrogens (tertiary/aromatic N) is 3. The number of hydrogen-bond acceptors (Lipinski definition) is 3. The first-order valence-corrected chi connectivity index (χ1v) is 8.32. The molecule has 0 fully saturated rings. The third-order valence-corrected chi connectivity index (χ3v) is 3.60. The molecule has 0 unspecified atom stereocenters. The molecule has 0 aliphatic carbocycles. The van der Waals surface area contributed by atoms with Gasteiger partial charge < -0.3 is 15.5 Å². The van der Waals surface area contributed by atoms with E-state index in [0.717, 1.165) is 30.9 Å². The van der Waals surface area contributed by atoms with E-state index in [1.54, 1.807) is 6.20 Å². The number of guanidine groups is 1. The number of aryl methyl sites for hydroxylation is 1. The molecule has 2 N–H and O–H groups in total. The lowest BCUT2D eigenvalue weighted by Gasteiger charge is -2.19. The van der Waals surface area contributed by atoms with Gasteiger partial charge in [0, 0.05) is 38.8 Å². The molecule has 1 amide bonds. The minimum absolute atomic E-state index is 0.166. The summed E-state index contributed by atoms with van der Waals surface area (Å²) in [6.07, 6.45) is 2.25. The van der Waals surface area contributed by atoms with Crippen molar-refractivity contribution in [1.82, 2.24) is 20.5 Å². The van der Waals surface area contributed by atoms with Crippen LogP contribution in [0.2, 0.25) is 0 Å². The summed E-state index contributed by atoms with van der Waals surface area (Å²) < 4.78 is 0. The van der Waals surface area contributed by atoms with Crippen LogP contribution in [-0.2, 0) is 11.3 Å². The Bertz CT molecular complexity index is 511. The monoisotopic (exact) mass is 319 g/mol. The molecule has 0 aliphatic rings. The largest absolute Gasteiger partial charge is 0.357 e. The highest BCUT2D eigenvalue weighted by molar-refractivity contribution is 5.81. The lowest BCUT2D eigenvalue weighted by Crippen LogP contribution is -2.40. The second kappa shape index (κ2) is 10.6. The number of aliphatic imine (C=N–C) groups is 1. The maximum Gasteiger partial charge on any atom is 0.224 e. The number of carbonyl (C=O) groups excluding carboxylic acids is 1. The van der Waals surface area contributed by atoms with E-state index in [9.17, 15) is 4.79 Å². The minimum Gasteiger partial charge on any atom is -0.357 e. The van der Waals surface area contributed by atoms with Crippen LogP contribution in [-0.4, -0.2) is 47.9 Å². The van der Waals surface area contributed by atoms with Crippen LogP contribution in [0.5, 0.6) is 0 Å². The Morgan fingerprint density at radius 2 is 2.00 bits per heavy atom. The van der Waals surface area contributed by atoms with E-state index < -0.39 is 0 Å². The Morgan fingerprint density at radius 1 is 1.26 bits per heavy atom. The maximum absolute atomic E-state index is 12.0. The Kier molecular flexibility index (Phi) is 8.72. The molecule has 0 saturated heterocycles. The first-order valence-electron chi connectivity index (χ1n) is 8.32. The van der Waals surface area contributed by atoms with Gasteiger partial charge in [-0.15, -0.1) is 0 Å². The minimum atomic E-state index is 0.166. The van der Waals surface area contributed by atoms with Crippen LogP contribution in [0, 0.1) is 6.92 Å². The smallest absolute Gasteiger partial charge is 0.224 e. The van der Waals surface area contributed by atoms with Gasteiger partial charge in [0.1, 0.15) is 0 Å². The predicted molar refractivity (Wildman–Crippen MR) is 94.3 cm³/mol. The van der Waals surface area contributed by atoms with Crippen LogP contribution in [0.1, 0.15) is 38.4 Å². The SMILES string of the molecule is CCNC(=NCc1ncccc1C)NCCC(=O)N(CC)CC. The molecular formula is C17H29N5O. The molecule has 1 heterocycles. The van der Waals surface area contributed by atoms with Gasteiger partial charge in [0.25, 0.3) is 0 Å². The van der Waals surface area contributed by atoms with Crippen LogP contribution in [0.15, 0.2) is 23.3 Å². The zero-order chi connectivity index (χ0) is 17.1. The Hall–Kier alpha value is -2.11. The van der Waals surface area contributed by atoms with E-state index in [4.69, 9.17) is 0 Å². The summed E-state index contributed by atoms with van der Waals surface area (Å²) in [5.41, 5.74) is 2.09. The van der Waals surface area contributed by atoms with E-state index in [1.165, 1.54) is 0 Å². The molecule has 0 saturated carbocycles. The molecule has 6 nitrogen and oxygen atoms in total. The molecule has 0 atom stereocenters. The predicted octanol–water partition coefficient (Wildman–Crippen LogP) is 1.70. The molecule has 0 aliphatic heterocycles. The van der Waals surface area contributed by atoms with Gasteiger partial charge >= 0.3 is 0 Å². The first-order chi connectivity index (χ1) is 11.1. The molecule has 23 heavy (non-hydrogen) atoms. The highest BCUT2D eigenvalue weighted by atomic mass is 16.2. The van der Waals surface area contributed by atoms with E-state index in [0.29, 0.717) is 25.5 Å². The highest BCUT2D eigenvalue weighted by Crippen LogP contribution is 2.04. The number of hydrogen-bond donors (Lipinski definition) is 2. The third-order valence-electron chi connectivity index (χ3n) is 3.60. The van der Waals surface area contributed by atoms with E-state index in [1.807, 2.05) is 44.7 Å². The third kappa shape index (κ3) is 6.67. The summed E-state index contributed by atoms with van der Waals surface area (Å²) >= 11 is 0. The van der Waals surface area contributed by atoms with Crippen molar-refractivity contribution < 1.29 is 4.79 Å². The molecule has 0 bridgehead atoms. The van der Waals surface area contributed by atoms with E-state index >= 15 is 0 Å². The van der Waals surface area contributed by atoms with Crippen LogP contribution >= 0.6 is 0 Å². The summed E-state index contributed by atoms with van der Waals surface area (Å²) in [7, 11) is 0. The highest BCUT2D eigenvalue weighted by Gasteiger charge is 2.09. The van der Waals surface area contributed by atoms with Gasteiger partial charge in [-0.3, -0.25) is 9.78 Å². The fourth-order valence-electron chi connectivity index (χ4n) is 2.20. The first kappa shape index (κ1) is 18.9. The Labute approximate surface area is 139 Å². The molecule has 1 aromatic heterocycles. The van der Waals surface area contributed by atoms with Gasteiger partial charge in [-0.25, -0.2) is 4.99 Å². The molecule has 0 spiro atoms. The fourth-order valence-corrected chi connectivity index (χ4v) is 2.20. The Morgan fingerprint density at radius 3 is 2.61 bits per heavy atom. The van der Waals surface area contributed by atoms with Crippen LogP contribution in [0.4, 0.5) is 0 Å². The van der Waals surface area contributed by atoms with Crippen molar-refractivity contribution in [2.24, 2.45) is 4.99 Å². The van der Waals surface area contributed by atoms with Gasteiger partial charge in [0.05, 0.1) is 12.2 Å². The van der Waals surface area contributed by atoms with Crippen molar-refractivity contribution in [3.8, 4) is 0 Å². The number of pyridine rings is 1. The summed E-state index contributed by atoms with van der Waals surface area (Å²) in [4.78, 5) is 22.7. The number of aromatic nitrogens is 1. The summed E-state index contributed by atoms with van der Waals surface area (Å²) in [6.45, 7) is 11.4. The van der Waals surface area contributed by atoms with Crippen molar-refractivity contribution >= 4 is 11.9 Å². The van der Waals surface area contributed by atoms with Crippen molar-refractivity contribution in [3.05, 3.63) is 29.6 Å². The van der Waals surface area contributed by atoms with E-state index in [-0.39, 0.29) is 5.91 Å². The van der Waals surface area contributed by atoms with Gasteiger partial charge in [0.15, 0.2) is 5.96 Å². The normalized spacial score (nSPS) is 11.2. The van der Waals surface area contributed by atoms with Crippen LogP contribution < -0.4 is 10.6 Å². The second-order valence-corrected chi connectivity index (χ2v) is 5.20. The van der Waals surface area contributed by atoms with Crippen molar-refractivity contribution in [3.63, 3.8) is 0 Å². The lowest BCUT2D eigenvalue weighted by atomic mass is 10.2. The number of rotatable bonds is 8. The molecule has 1 aromatic rings. The van der Waals surface area contributed by atoms with E-state index in [2.05, 4.69) is 20.6 Å². The van der Waals surface area contributed by atoms with Gasteiger partial charge in [0.2, 0.25) is 5.91 Å². The average molecular weight is 319 g/mol. The zero-order valence-electron chi connectivity index (χ0n) is 14.7. The molecule has 1 rings (SSSR count). The van der Waals surface area contributed by atoms with Gasteiger partial charge in [-0.2, -0.15) is 0 Å². The number of carbonyl (C=O) groups is 1. The maximum atomic E-state index is 12.0. The Balaban J connectivity index is 2.53. The van der Waals surface area contributed by atoms with Gasteiger partial charge in [-0.05, 0) is 39.3 Å². The summed E-state index contributed by atoms with van der Waals surface area (Å²) in [5.74, 6) is 0.879. The second-order valence-electron chi connectivity index (χ2n) is 5.20. The topological polar surface area (TPSA) is 69.6 Å². The van der Waals surface area contributed by atoms with Crippen molar-refractivity contribution in [2.45, 2.75) is 40.7 Å². The molecule has 0 aromatic carbocycles. The standard InChI is InChI=1S/C17H29N5O/c1-5-18-17(20-12-10-16(23)22(6-2)7-3)21-13-15-14(4)9-8-11-19-15/h8-9,11H,5-7,10,12-13H2,1-4H3,(H2,18,20,21). The average Bonchev–Trinajstić information content (AvgIpc) is 2.55. The van der Waals surface area contributed by atoms with Crippen molar-refractivity contribution in [1.29, 1.82) is 0 Å². The molecular weight excluding hydrogens is 290 g/mol. The fraction of sp³-hybridized carbons (Fsp3) is 0.588. The zero-order valence-corrected chi connectivity index (χ0v) is 14.7. The number of amides is 1. The summed E-state index contributed by atoms with van der Waals surface area (Å²) in [5, 5.41) is 6.40. The van der Waals surface area contributed by atoms with Crippen LogP contribution in [0.25, 0.3) is 0 Å². The lowest BCUT2D eigenvalue weighted by molar-refractivity contribution is -0.130. The van der Waals surface area contributed by atoms with Gasteiger partial charge in [-0.1, -0.05) is 6.07 Å². The molecule has 0 radical (unpaired) electrons. The molecule has 6 heteroatoms.